The van der Waals surface area contributed by atoms with Gasteiger partial charge in [0.05, 0.1) is 38.8 Å². The number of nitrogens with one attached hydrogen (secondary N) is 1. The predicted octanol–water partition coefficient (Wildman–Crippen LogP) is 1.30. The Kier molecular flexibility index (Phi) is 5.58. The molecule has 7 heteroatoms. The van der Waals surface area contributed by atoms with Gasteiger partial charge >= 0.3 is 0 Å². The number of ketones is 1. The van der Waals surface area contributed by atoms with Crippen LogP contribution >= 0.6 is 11.6 Å². The third-order valence-electron chi connectivity index (χ3n) is 4.53. The van der Waals surface area contributed by atoms with Crippen molar-refractivity contribution in [3.8, 4) is 0 Å². The van der Waals surface area contributed by atoms with E-state index < -0.39 is 17.7 Å². The van der Waals surface area contributed by atoms with Crippen molar-refractivity contribution in [1.29, 1.82) is 0 Å². The van der Waals surface area contributed by atoms with E-state index in [0.29, 0.717) is 23.7 Å². The first-order valence-electron chi connectivity index (χ1n) is 8.63. The number of carbonyl (C=O) groups excluding carboxylic acids is 2. The van der Waals surface area contributed by atoms with Crippen LogP contribution in [0.1, 0.15) is 17.2 Å². The van der Waals surface area contributed by atoms with Crippen LogP contribution in [0.15, 0.2) is 54.4 Å². The van der Waals surface area contributed by atoms with Crippen molar-refractivity contribution in [2.45, 2.75) is 6.04 Å². The molecular weight excluding hydrogens is 366 g/mol. The van der Waals surface area contributed by atoms with Gasteiger partial charge < -0.3 is 14.9 Å². The van der Waals surface area contributed by atoms with Gasteiger partial charge in [0.25, 0.3) is 11.7 Å². The number of aromatic nitrogens is 1. The van der Waals surface area contributed by atoms with E-state index in [4.69, 9.17) is 11.6 Å². The normalized spacial score (nSPS) is 19.1. The van der Waals surface area contributed by atoms with Crippen LogP contribution < -0.4 is 4.90 Å². The molecule has 2 heterocycles. The van der Waals surface area contributed by atoms with Crippen LogP contribution in [0, 0.1) is 0 Å². The molecule has 3 rings (SSSR count). The zero-order chi connectivity index (χ0) is 19.6. The summed E-state index contributed by atoms with van der Waals surface area (Å²) in [5.41, 5.74) is 1.26. The maximum atomic E-state index is 12.8. The van der Waals surface area contributed by atoms with Crippen LogP contribution in [0.5, 0.6) is 0 Å². The molecule has 1 amide bonds. The van der Waals surface area contributed by atoms with Gasteiger partial charge in [0, 0.05) is 23.0 Å². The number of hydrogen-bond donors (Lipinski definition) is 2. The monoisotopic (exact) mass is 386 g/mol. The van der Waals surface area contributed by atoms with E-state index in [9.17, 15) is 14.7 Å². The van der Waals surface area contributed by atoms with Gasteiger partial charge in [-0.25, -0.2) is 0 Å². The zero-order valence-electron chi connectivity index (χ0n) is 15.1. The van der Waals surface area contributed by atoms with E-state index in [1.54, 1.807) is 48.8 Å². The number of quaternary nitrogens is 1. The molecule has 0 aliphatic carbocycles. The molecule has 27 heavy (non-hydrogen) atoms. The Morgan fingerprint density at radius 3 is 2.37 bits per heavy atom. The highest BCUT2D eigenvalue weighted by molar-refractivity contribution is 6.46. The Morgan fingerprint density at radius 2 is 1.78 bits per heavy atom. The van der Waals surface area contributed by atoms with Crippen molar-refractivity contribution in [1.82, 2.24) is 9.88 Å². The lowest BCUT2D eigenvalue weighted by Gasteiger charge is -2.25. The Labute approximate surface area is 162 Å². The molecule has 2 N–H and O–H groups in total. The second-order valence-electron chi connectivity index (χ2n) is 6.74. The van der Waals surface area contributed by atoms with E-state index in [1.165, 1.54) is 4.90 Å². The molecule has 1 aliphatic rings. The lowest BCUT2D eigenvalue weighted by atomic mass is 9.96. The van der Waals surface area contributed by atoms with Gasteiger partial charge in [0.1, 0.15) is 5.76 Å². The molecule has 1 fully saturated rings. The molecule has 1 saturated heterocycles. The third kappa shape index (κ3) is 3.86. The average Bonchev–Trinajstić information content (AvgIpc) is 2.91. The SMILES string of the molecule is C[NH+](C)CCN1C(=O)C(=O)/C(=C(/O)c2ccc(Cl)cc2)[C@H]1c1ccncc1. The molecule has 1 aliphatic heterocycles. The first-order valence-corrected chi connectivity index (χ1v) is 9.01. The van der Waals surface area contributed by atoms with Crippen molar-refractivity contribution in [2.24, 2.45) is 0 Å². The first-order chi connectivity index (χ1) is 12.9. The number of rotatable bonds is 5. The number of aliphatic hydroxyl groups excluding tert-OH is 1. The van der Waals surface area contributed by atoms with Crippen molar-refractivity contribution < 1.29 is 19.6 Å². The highest BCUT2D eigenvalue weighted by Gasteiger charge is 2.46. The van der Waals surface area contributed by atoms with Gasteiger partial charge in [-0.2, -0.15) is 0 Å². The van der Waals surface area contributed by atoms with Crippen LogP contribution in [0.3, 0.4) is 0 Å². The molecule has 1 aromatic carbocycles. The summed E-state index contributed by atoms with van der Waals surface area (Å²) >= 11 is 5.91. The first kappa shape index (κ1) is 19.1. The largest absolute Gasteiger partial charge is 0.507 e. The number of nitrogens with zero attached hydrogens (tertiary/aromatic N) is 2. The Morgan fingerprint density at radius 1 is 1.15 bits per heavy atom. The smallest absolute Gasteiger partial charge is 0.295 e. The van der Waals surface area contributed by atoms with Crippen LogP contribution in [-0.2, 0) is 9.59 Å². The fraction of sp³-hybridized carbons (Fsp3) is 0.250. The van der Waals surface area contributed by atoms with Crippen molar-refractivity contribution in [3.63, 3.8) is 0 Å². The van der Waals surface area contributed by atoms with Crippen LogP contribution in [0.2, 0.25) is 5.02 Å². The van der Waals surface area contributed by atoms with Gasteiger partial charge in [-0.05, 0) is 42.0 Å². The molecule has 0 spiro atoms. The summed E-state index contributed by atoms with van der Waals surface area (Å²) in [6.45, 7) is 1.08. The van der Waals surface area contributed by atoms with E-state index in [0.717, 1.165) is 10.5 Å². The maximum absolute atomic E-state index is 12.8. The van der Waals surface area contributed by atoms with Crippen molar-refractivity contribution in [2.75, 3.05) is 27.2 Å². The highest BCUT2D eigenvalue weighted by Crippen LogP contribution is 2.38. The Bertz CT molecular complexity index is 879. The van der Waals surface area contributed by atoms with Crippen molar-refractivity contribution >= 4 is 29.1 Å². The Balaban J connectivity index is 2.12. The van der Waals surface area contributed by atoms with E-state index in [1.807, 2.05) is 14.1 Å². The summed E-state index contributed by atoms with van der Waals surface area (Å²) in [6.07, 6.45) is 3.21. The van der Waals surface area contributed by atoms with Gasteiger partial charge in [-0.3, -0.25) is 14.6 Å². The quantitative estimate of drug-likeness (QED) is 0.461. The second kappa shape index (κ2) is 7.90. The number of amides is 1. The molecular formula is C20H21ClN3O3+. The topological polar surface area (TPSA) is 74.9 Å². The van der Waals surface area contributed by atoms with E-state index in [-0.39, 0.29) is 11.3 Å². The molecule has 140 valence electrons. The predicted molar refractivity (Wildman–Crippen MR) is 102 cm³/mol. The Hall–Kier alpha value is -2.70. The lowest BCUT2D eigenvalue weighted by Crippen LogP contribution is -3.06. The van der Waals surface area contributed by atoms with Gasteiger partial charge in [0.15, 0.2) is 0 Å². The molecule has 1 atom stereocenters. The van der Waals surface area contributed by atoms with Crippen LogP contribution in [-0.4, -0.2) is 53.9 Å². The molecule has 0 bridgehead atoms. The number of halogens is 1. The number of likely N-dealkylation sites (N-methyl/N-ethyl adjacent to an activating group) is 1. The number of benzene rings is 1. The van der Waals surface area contributed by atoms with Gasteiger partial charge in [-0.15, -0.1) is 0 Å². The molecule has 0 radical (unpaired) electrons. The summed E-state index contributed by atoms with van der Waals surface area (Å²) in [5, 5.41) is 11.4. The molecule has 0 saturated carbocycles. The minimum atomic E-state index is -0.682. The molecule has 0 unspecified atom stereocenters. The number of likely N-dealkylation sites (tertiary alicyclic amines) is 1. The van der Waals surface area contributed by atoms with Crippen LogP contribution in [0.25, 0.3) is 5.76 Å². The fourth-order valence-electron chi connectivity index (χ4n) is 3.11. The minimum absolute atomic E-state index is 0.0854. The van der Waals surface area contributed by atoms with Crippen molar-refractivity contribution in [3.05, 3.63) is 70.5 Å². The fourth-order valence-corrected chi connectivity index (χ4v) is 3.24. The number of pyridine rings is 1. The molecule has 1 aromatic heterocycles. The zero-order valence-corrected chi connectivity index (χ0v) is 15.9. The maximum Gasteiger partial charge on any atom is 0.295 e. The van der Waals surface area contributed by atoms with Gasteiger partial charge in [-0.1, -0.05) is 11.6 Å². The van der Waals surface area contributed by atoms with E-state index >= 15 is 0 Å². The number of carbonyl (C=O) groups is 2. The third-order valence-corrected chi connectivity index (χ3v) is 4.78. The number of Topliss-reactive ketones (excluding diaryl/α,β-unsaturated/α-hetero) is 1. The summed E-state index contributed by atoms with van der Waals surface area (Å²) in [4.78, 5) is 32.1. The molecule has 2 aromatic rings. The van der Waals surface area contributed by atoms with E-state index in [2.05, 4.69) is 4.98 Å². The minimum Gasteiger partial charge on any atom is -0.507 e. The van der Waals surface area contributed by atoms with Gasteiger partial charge in [0.2, 0.25) is 0 Å². The second-order valence-corrected chi connectivity index (χ2v) is 7.17. The highest BCUT2D eigenvalue weighted by atomic mass is 35.5. The summed E-state index contributed by atoms with van der Waals surface area (Å²) in [7, 11) is 3.96. The lowest BCUT2D eigenvalue weighted by molar-refractivity contribution is -0.857. The number of aliphatic hydroxyl groups is 1. The number of hydrogen-bond acceptors (Lipinski definition) is 4. The standard InChI is InChI=1S/C20H20ClN3O3/c1-23(2)11-12-24-17(13-7-9-22-10-8-13)16(19(26)20(24)27)18(25)14-3-5-15(21)6-4-14/h3-10,17,25H,11-12H2,1-2H3/p+1/b18-16+/t17-/m1/s1. The summed E-state index contributed by atoms with van der Waals surface area (Å²) < 4.78 is 0. The average molecular weight is 387 g/mol. The molecule has 6 nitrogen and oxygen atoms in total. The summed E-state index contributed by atoms with van der Waals surface area (Å²) in [6, 6.07) is 9.36. The van der Waals surface area contributed by atoms with Crippen LogP contribution in [0.4, 0.5) is 0 Å². The summed E-state index contributed by atoms with van der Waals surface area (Å²) in [5.74, 6) is -1.49.